The Labute approximate surface area is 227 Å². The summed E-state index contributed by atoms with van der Waals surface area (Å²) in [7, 11) is 0. The van der Waals surface area contributed by atoms with Gasteiger partial charge in [0.25, 0.3) is 11.5 Å². The van der Waals surface area contributed by atoms with Crippen LogP contribution in [0.25, 0.3) is 5.78 Å². The van der Waals surface area contributed by atoms with Crippen molar-refractivity contribution in [3.63, 3.8) is 0 Å². The highest BCUT2D eigenvalue weighted by Crippen LogP contribution is 2.38. The number of carbonyl (C=O) groups excluding carboxylic acids is 1. The number of rotatable bonds is 6. The molecule has 196 valence electrons. The summed E-state index contributed by atoms with van der Waals surface area (Å²) in [5.74, 6) is 0.642. The third-order valence-electron chi connectivity index (χ3n) is 7.42. The number of hydrogen-bond acceptors (Lipinski definition) is 8. The van der Waals surface area contributed by atoms with E-state index in [4.69, 9.17) is 4.74 Å². The van der Waals surface area contributed by atoms with Crippen molar-refractivity contribution in [2.24, 2.45) is 0 Å². The van der Waals surface area contributed by atoms with Gasteiger partial charge in [0, 0.05) is 24.8 Å². The molecule has 11 nitrogen and oxygen atoms in total. The van der Waals surface area contributed by atoms with Crippen molar-refractivity contribution in [2.75, 3.05) is 18.0 Å². The van der Waals surface area contributed by atoms with E-state index in [1.165, 1.54) is 10.8 Å². The standard InChI is InChI=1S/C26H27BrN8O3/c1-3-17-21(24(37)35-26(30-17)31-25(27)32-35)33-11-12-34(19-10-9-18(19)33)23(36)20-22(15(2)28-14-29-20)38-13-16-7-5-4-6-8-16/h4-8,14,18-19H,3,9-13H2,1-2H3,(H,30,31,32)/t18-,19-/m0/s1. The van der Waals surface area contributed by atoms with E-state index >= 15 is 0 Å². The molecule has 4 aromatic rings. The number of carbonyl (C=O) groups is 1. The summed E-state index contributed by atoms with van der Waals surface area (Å²) in [5, 5.41) is 4.20. The number of nitrogens with zero attached hydrogens (tertiary/aromatic N) is 7. The third kappa shape index (κ3) is 4.12. The molecule has 0 radical (unpaired) electrons. The number of halogens is 1. The number of benzene rings is 1. The first-order valence-corrected chi connectivity index (χ1v) is 13.5. The zero-order valence-electron chi connectivity index (χ0n) is 21.1. The molecule has 0 unspecified atom stereocenters. The molecule has 38 heavy (non-hydrogen) atoms. The minimum absolute atomic E-state index is 0.0279. The van der Waals surface area contributed by atoms with E-state index in [2.05, 4.69) is 45.9 Å². The van der Waals surface area contributed by atoms with Crippen LogP contribution in [0.2, 0.25) is 0 Å². The van der Waals surface area contributed by atoms with Crippen LogP contribution in [-0.2, 0) is 13.0 Å². The fraction of sp³-hybridized carbons (Fsp3) is 0.385. The second-order valence-electron chi connectivity index (χ2n) is 9.54. The lowest BCUT2D eigenvalue weighted by Crippen LogP contribution is -2.67. The summed E-state index contributed by atoms with van der Waals surface area (Å²) >= 11 is 3.26. The summed E-state index contributed by atoms with van der Waals surface area (Å²) in [6, 6.07) is 9.79. The third-order valence-corrected chi connectivity index (χ3v) is 7.76. The van der Waals surface area contributed by atoms with Gasteiger partial charge < -0.3 is 19.5 Å². The van der Waals surface area contributed by atoms with E-state index in [9.17, 15) is 9.59 Å². The first-order valence-electron chi connectivity index (χ1n) is 12.7. The topological polar surface area (TPSA) is 122 Å². The maximum Gasteiger partial charge on any atom is 0.299 e. The molecular weight excluding hydrogens is 552 g/mol. The smallest absolute Gasteiger partial charge is 0.299 e. The van der Waals surface area contributed by atoms with Crippen LogP contribution >= 0.6 is 15.9 Å². The molecule has 3 aromatic heterocycles. The number of fused-ring (bicyclic) bond motifs is 2. The maximum absolute atomic E-state index is 13.8. The summed E-state index contributed by atoms with van der Waals surface area (Å²) in [4.78, 5) is 47.5. The lowest BCUT2D eigenvalue weighted by Gasteiger charge is -2.54. The van der Waals surface area contributed by atoms with Crippen LogP contribution in [0.15, 0.2) is 46.2 Å². The molecule has 1 aromatic carbocycles. The number of aromatic nitrogens is 6. The molecule has 1 amide bonds. The number of amides is 1. The molecule has 1 N–H and O–H groups in total. The second-order valence-corrected chi connectivity index (χ2v) is 10.3. The first kappa shape index (κ1) is 24.5. The van der Waals surface area contributed by atoms with Crippen LogP contribution in [0, 0.1) is 6.92 Å². The van der Waals surface area contributed by atoms with Crippen LogP contribution in [0.1, 0.15) is 47.2 Å². The van der Waals surface area contributed by atoms with Crippen molar-refractivity contribution in [3.05, 3.63) is 74.4 Å². The van der Waals surface area contributed by atoms with Crippen molar-refractivity contribution in [3.8, 4) is 5.75 Å². The average molecular weight is 579 g/mol. The number of hydrogen-bond donors (Lipinski definition) is 1. The maximum atomic E-state index is 13.8. The monoisotopic (exact) mass is 578 g/mol. The van der Waals surface area contributed by atoms with Gasteiger partial charge in [-0.2, -0.15) is 9.50 Å². The summed E-state index contributed by atoms with van der Waals surface area (Å²) in [6.45, 7) is 5.12. The minimum Gasteiger partial charge on any atom is -0.485 e. The minimum atomic E-state index is -0.206. The highest BCUT2D eigenvalue weighted by molar-refractivity contribution is 9.10. The predicted octanol–water partition coefficient (Wildman–Crippen LogP) is 2.91. The quantitative estimate of drug-likeness (QED) is 0.370. The molecule has 1 aliphatic heterocycles. The summed E-state index contributed by atoms with van der Waals surface area (Å²) < 4.78 is 7.73. The van der Waals surface area contributed by atoms with Gasteiger partial charge in [0.15, 0.2) is 11.4 Å². The molecule has 2 aliphatic rings. The van der Waals surface area contributed by atoms with Gasteiger partial charge in [0.2, 0.25) is 10.5 Å². The molecule has 6 rings (SSSR count). The van der Waals surface area contributed by atoms with Crippen LogP contribution in [0.5, 0.6) is 5.75 Å². The number of ether oxygens (including phenoxy) is 1. The lowest BCUT2D eigenvalue weighted by molar-refractivity contribution is 0.0421. The molecule has 1 saturated carbocycles. The molecule has 1 saturated heterocycles. The Morgan fingerprint density at radius 1 is 1.16 bits per heavy atom. The van der Waals surface area contributed by atoms with Gasteiger partial charge in [-0.3, -0.25) is 9.59 Å². The molecule has 12 heteroatoms. The van der Waals surface area contributed by atoms with Crippen LogP contribution in [-0.4, -0.2) is 65.5 Å². The SMILES string of the molecule is CCc1[nH]c2nc(Br)nn2c(=O)c1N1CCN(C(=O)c2ncnc(C)c2OCc2ccccc2)[C@H]2CC[C@@H]21. The Hall–Kier alpha value is -3.80. The number of H-pyrrole nitrogens is 1. The van der Waals surface area contributed by atoms with E-state index < -0.39 is 0 Å². The predicted molar refractivity (Wildman–Crippen MR) is 143 cm³/mol. The zero-order chi connectivity index (χ0) is 26.4. The van der Waals surface area contributed by atoms with Gasteiger partial charge in [-0.05, 0) is 47.7 Å². The summed E-state index contributed by atoms with van der Waals surface area (Å²) in [5.41, 5.74) is 3.10. The Bertz CT molecular complexity index is 1570. The average Bonchev–Trinajstić information content (AvgIpc) is 3.29. The number of nitrogens with one attached hydrogen (secondary N) is 1. The Balaban J connectivity index is 1.27. The number of anilines is 1. The molecule has 2 atom stereocenters. The van der Waals surface area contributed by atoms with Crippen molar-refractivity contribution in [1.82, 2.24) is 34.4 Å². The molecular formula is C26H27BrN8O3. The van der Waals surface area contributed by atoms with E-state index in [-0.39, 0.29) is 29.2 Å². The Morgan fingerprint density at radius 3 is 2.68 bits per heavy atom. The van der Waals surface area contributed by atoms with Gasteiger partial charge in [0.05, 0.1) is 11.7 Å². The summed E-state index contributed by atoms with van der Waals surface area (Å²) in [6.07, 6.45) is 3.79. The zero-order valence-corrected chi connectivity index (χ0v) is 22.7. The van der Waals surface area contributed by atoms with Gasteiger partial charge in [-0.1, -0.05) is 37.3 Å². The first-order chi connectivity index (χ1) is 18.5. The van der Waals surface area contributed by atoms with E-state index in [0.29, 0.717) is 53.8 Å². The number of piperazine rings is 1. The molecule has 2 fully saturated rings. The largest absolute Gasteiger partial charge is 0.485 e. The van der Waals surface area contributed by atoms with Crippen molar-refractivity contribution >= 4 is 33.3 Å². The van der Waals surface area contributed by atoms with Crippen LogP contribution in [0.4, 0.5) is 5.69 Å². The lowest BCUT2D eigenvalue weighted by atomic mass is 9.81. The Kier molecular flexibility index (Phi) is 6.34. The van der Waals surface area contributed by atoms with Crippen molar-refractivity contribution in [1.29, 1.82) is 0 Å². The molecule has 4 heterocycles. The Morgan fingerprint density at radius 2 is 1.95 bits per heavy atom. The van der Waals surface area contributed by atoms with Gasteiger partial charge in [0.1, 0.15) is 18.6 Å². The van der Waals surface area contributed by atoms with E-state index in [1.54, 1.807) is 0 Å². The fourth-order valence-electron chi connectivity index (χ4n) is 5.41. The molecule has 0 bridgehead atoms. The highest BCUT2D eigenvalue weighted by atomic mass is 79.9. The normalized spacial score (nSPS) is 18.8. The fourth-order valence-corrected chi connectivity index (χ4v) is 5.73. The molecule has 1 aliphatic carbocycles. The van der Waals surface area contributed by atoms with Gasteiger partial charge in [-0.15, -0.1) is 5.10 Å². The van der Waals surface area contributed by atoms with E-state index in [0.717, 1.165) is 24.1 Å². The van der Waals surface area contributed by atoms with Crippen molar-refractivity contribution in [2.45, 2.75) is 51.8 Å². The van der Waals surface area contributed by atoms with Crippen molar-refractivity contribution < 1.29 is 9.53 Å². The van der Waals surface area contributed by atoms with E-state index in [1.807, 2.05) is 49.1 Å². The van der Waals surface area contributed by atoms with Crippen LogP contribution < -0.4 is 15.2 Å². The van der Waals surface area contributed by atoms with Gasteiger partial charge in [-0.25, -0.2) is 9.97 Å². The number of aryl methyl sites for hydroxylation is 2. The highest BCUT2D eigenvalue weighted by Gasteiger charge is 2.47. The second kappa shape index (κ2) is 9.82. The van der Waals surface area contributed by atoms with Gasteiger partial charge >= 0.3 is 0 Å². The van der Waals surface area contributed by atoms with Crippen LogP contribution in [0.3, 0.4) is 0 Å². The number of aromatic amines is 1. The molecule has 0 spiro atoms.